The highest BCUT2D eigenvalue weighted by Crippen LogP contribution is 2.15. The second-order valence-corrected chi connectivity index (χ2v) is 5.04. The van der Waals surface area contributed by atoms with Crippen molar-refractivity contribution in [2.45, 2.75) is 32.4 Å². The molecule has 1 fully saturated rings. The number of ether oxygens (including phenoxy) is 1. The minimum Gasteiger partial charge on any atom is -0.372 e. The standard InChI is InChI=1S/C13H23F3N2O2/c1-2-18(9-11-3-6-17-7-4-11)12(19)5-8-20-10-13(14,15)16/h11,17H,2-10H2,1H3. The van der Waals surface area contributed by atoms with Gasteiger partial charge in [-0.2, -0.15) is 13.2 Å². The van der Waals surface area contributed by atoms with E-state index in [1.165, 1.54) is 0 Å². The van der Waals surface area contributed by atoms with E-state index in [1.807, 2.05) is 6.92 Å². The molecule has 1 heterocycles. The van der Waals surface area contributed by atoms with Crippen molar-refractivity contribution in [3.63, 3.8) is 0 Å². The van der Waals surface area contributed by atoms with Crippen LogP contribution >= 0.6 is 0 Å². The van der Waals surface area contributed by atoms with Crippen molar-refractivity contribution in [3.05, 3.63) is 0 Å². The Morgan fingerprint density at radius 2 is 2.00 bits per heavy atom. The van der Waals surface area contributed by atoms with E-state index in [4.69, 9.17) is 0 Å². The van der Waals surface area contributed by atoms with Gasteiger partial charge in [-0.1, -0.05) is 0 Å². The van der Waals surface area contributed by atoms with Crippen molar-refractivity contribution in [2.24, 2.45) is 5.92 Å². The van der Waals surface area contributed by atoms with Crippen LogP contribution in [0.4, 0.5) is 13.2 Å². The minimum atomic E-state index is -4.33. The Balaban J connectivity index is 2.24. The molecule has 1 N–H and O–H groups in total. The van der Waals surface area contributed by atoms with Crippen LogP contribution in [0.2, 0.25) is 0 Å². The average molecular weight is 296 g/mol. The van der Waals surface area contributed by atoms with Gasteiger partial charge in [0.25, 0.3) is 0 Å². The number of halogens is 3. The molecule has 0 radical (unpaired) electrons. The van der Waals surface area contributed by atoms with Gasteiger partial charge in [0, 0.05) is 13.1 Å². The molecule has 0 saturated carbocycles. The molecule has 1 rings (SSSR count). The van der Waals surface area contributed by atoms with Gasteiger partial charge in [-0.15, -0.1) is 0 Å². The summed E-state index contributed by atoms with van der Waals surface area (Å²) >= 11 is 0. The molecular weight excluding hydrogens is 273 g/mol. The molecule has 0 atom stereocenters. The molecule has 1 aliphatic rings. The monoisotopic (exact) mass is 296 g/mol. The smallest absolute Gasteiger partial charge is 0.372 e. The van der Waals surface area contributed by atoms with Gasteiger partial charge in [0.2, 0.25) is 5.91 Å². The molecule has 0 aromatic carbocycles. The Morgan fingerprint density at radius 1 is 1.35 bits per heavy atom. The Morgan fingerprint density at radius 3 is 2.55 bits per heavy atom. The van der Waals surface area contributed by atoms with Crippen LogP contribution in [-0.2, 0) is 9.53 Å². The number of hydrogen-bond donors (Lipinski definition) is 1. The van der Waals surface area contributed by atoms with Crippen LogP contribution in [0.1, 0.15) is 26.2 Å². The van der Waals surface area contributed by atoms with Gasteiger partial charge in [0.1, 0.15) is 6.61 Å². The minimum absolute atomic E-state index is 0.00882. The summed E-state index contributed by atoms with van der Waals surface area (Å²) in [6.45, 7) is 3.62. The van der Waals surface area contributed by atoms with Gasteiger partial charge in [0.15, 0.2) is 0 Å². The first-order valence-electron chi connectivity index (χ1n) is 7.05. The van der Waals surface area contributed by atoms with Gasteiger partial charge in [-0.25, -0.2) is 0 Å². The molecule has 1 aliphatic heterocycles. The highest BCUT2D eigenvalue weighted by atomic mass is 19.4. The Hall–Kier alpha value is -0.820. The SMILES string of the molecule is CCN(CC1CCNCC1)C(=O)CCOCC(F)(F)F. The van der Waals surface area contributed by atoms with E-state index >= 15 is 0 Å². The number of hydrogen-bond acceptors (Lipinski definition) is 3. The zero-order valence-corrected chi connectivity index (χ0v) is 11.8. The fourth-order valence-corrected chi connectivity index (χ4v) is 2.29. The van der Waals surface area contributed by atoms with Crippen molar-refractivity contribution in [3.8, 4) is 0 Å². The van der Waals surface area contributed by atoms with E-state index in [0.29, 0.717) is 19.0 Å². The topological polar surface area (TPSA) is 41.6 Å². The third kappa shape index (κ3) is 7.09. The third-order valence-corrected chi connectivity index (χ3v) is 3.40. The lowest BCUT2D eigenvalue weighted by Crippen LogP contribution is -2.39. The van der Waals surface area contributed by atoms with Crippen molar-refractivity contribution in [1.29, 1.82) is 0 Å². The normalized spacial score (nSPS) is 17.2. The predicted molar refractivity (Wildman–Crippen MR) is 69.3 cm³/mol. The Bertz CT molecular complexity index is 292. The first kappa shape index (κ1) is 17.2. The highest BCUT2D eigenvalue weighted by Gasteiger charge is 2.27. The quantitative estimate of drug-likeness (QED) is 0.729. The van der Waals surface area contributed by atoms with Gasteiger partial charge < -0.3 is 15.0 Å². The number of piperidine rings is 1. The summed E-state index contributed by atoms with van der Waals surface area (Å²) in [6.07, 6.45) is -2.25. The van der Waals surface area contributed by atoms with Crippen LogP contribution in [0.5, 0.6) is 0 Å². The van der Waals surface area contributed by atoms with E-state index in [1.54, 1.807) is 4.90 Å². The van der Waals surface area contributed by atoms with E-state index in [-0.39, 0.29) is 18.9 Å². The molecule has 0 bridgehead atoms. The number of rotatable bonds is 7. The average Bonchev–Trinajstić information content (AvgIpc) is 2.41. The zero-order chi connectivity index (χ0) is 15.0. The van der Waals surface area contributed by atoms with Crippen molar-refractivity contribution in [1.82, 2.24) is 10.2 Å². The number of carbonyl (C=O) groups is 1. The summed E-state index contributed by atoms with van der Waals surface area (Å²) in [6, 6.07) is 0. The molecule has 7 heteroatoms. The third-order valence-electron chi connectivity index (χ3n) is 3.40. The molecule has 20 heavy (non-hydrogen) atoms. The second kappa shape index (κ2) is 8.46. The van der Waals surface area contributed by atoms with Gasteiger partial charge >= 0.3 is 6.18 Å². The van der Waals surface area contributed by atoms with E-state index in [0.717, 1.165) is 25.9 Å². The molecule has 0 spiro atoms. The van der Waals surface area contributed by atoms with E-state index < -0.39 is 12.8 Å². The fourth-order valence-electron chi connectivity index (χ4n) is 2.29. The first-order chi connectivity index (χ1) is 9.42. The van der Waals surface area contributed by atoms with Crippen LogP contribution in [-0.4, -0.2) is 56.4 Å². The molecule has 1 saturated heterocycles. The number of carbonyl (C=O) groups excluding carboxylic acids is 1. The van der Waals surface area contributed by atoms with Crippen molar-refractivity contribution >= 4 is 5.91 Å². The Labute approximate surface area is 117 Å². The van der Waals surface area contributed by atoms with Gasteiger partial charge in [0.05, 0.1) is 13.0 Å². The maximum absolute atomic E-state index is 11.9. The molecule has 118 valence electrons. The summed E-state index contributed by atoms with van der Waals surface area (Å²) in [5, 5.41) is 3.26. The molecule has 4 nitrogen and oxygen atoms in total. The van der Waals surface area contributed by atoms with Crippen LogP contribution in [0.25, 0.3) is 0 Å². The summed E-state index contributed by atoms with van der Waals surface area (Å²) in [4.78, 5) is 13.6. The van der Waals surface area contributed by atoms with E-state index in [2.05, 4.69) is 10.1 Å². The fraction of sp³-hybridized carbons (Fsp3) is 0.923. The summed E-state index contributed by atoms with van der Waals surface area (Å²) in [5.74, 6) is 0.351. The summed E-state index contributed by atoms with van der Waals surface area (Å²) in [5.41, 5.74) is 0. The highest BCUT2D eigenvalue weighted by molar-refractivity contribution is 5.76. The van der Waals surface area contributed by atoms with Crippen LogP contribution < -0.4 is 5.32 Å². The van der Waals surface area contributed by atoms with E-state index in [9.17, 15) is 18.0 Å². The maximum Gasteiger partial charge on any atom is 0.411 e. The van der Waals surface area contributed by atoms with Gasteiger partial charge in [-0.3, -0.25) is 4.79 Å². The number of nitrogens with one attached hydrogen (secondary N) is 1. The number of alkyl halides is 3. The molecule has 1 amide bonds. The number of nitrogens with zero attached hydrogens (tertiary/aromatic N) is 1. The maximum atomic E-state index is 11.9. The molecular formula is C13H23F3N2O2. The van der Waals surface area contributed by atoms with Crippen molar-refractivity contribution < 1.29 is 22.7 Å². The predicted octanol–water partition coefficient (Wildman–Crippen LogP) is 1.80. The van der Waals surface area contributed by atoms with Crippen LogP contribution in [0.3, 0.4) is 0 Å². The van der Waals surface area contributed by atoms with Crippen LogP contribution in [0.15, 0.2) is 0 Å². The first-order valence-corrected chi connectivity index (χ1v) is 7.05. The number of amides is 1. The molecule has 0 aliphatic carbocycles. The summed E-state index contributed by atoms with van der Waals surface area (Å²) in [7, 11) is 0. The second-order valence-electron chi connectivity index (χ2n) is 5.04. The van der Waals surface area contributed by atoms with Crippen LogP contribution in [0, 0.1) is 5.92 Å². The molecule has 0 unspecified atom stereocenters. The molecule has 0 aromatic rings. The van der Waals surface area contributed by atoms with Gasteiger partial charge in [-0.05, 0) is 38.8 Å². The Kier molecular flexibility index (Phi) is 7.29. The van der Waals surface area contributed by atoms with Crippen molar-refractivity contribution in [2.75, 3.05) is 39.4 Å². The lowest BCUT2D eigenvalue weighted by molar-refractivity contribution is -0.175. The zero-order valence-electron chi connectivity index (χ0n) is 11.8. The largest absolute Gasteiger partial charge is 0.411 e. The summed E-state index contributed by atoms with van der Waals surface area (Å²) < 4.78 is 40.1. The lowest BCUT2D eigenvalue weighted by atomic mass is 9.97. The lowest BCUT2D eigenvalue weighted by Gasteiger charge is -2.29. The molecule has 0 aromatic heterocycles.